The molecule has 1 aliphatic heterocycles. The Morgan fingerprint density at radius 2 is 2.06 bits per heavy atom. The molecule has 0 saturated carbocycles. The van der Waals surface area contributed by atoms with Crippen molar-refractivity contribution in [1.82, 2.24) is 4.90 Å². The van der Waals surface area contributed by atoms with Crippen LogP contribution in [0.2, 0.25) is 0 Å². The largest absolute Gasteiger partial charge is 0.480 e. The predicted molar refractivity (Wildman–Crippen MR) is 54.5 cm³/mol. The van der Waals surface area contributed by atoms with E-state index < -0.39 is 36.2 Å². The number of carboxylic acids is 1. The van der Waals surface area contributed by atoms with Crippen molar-refractivity contribution in [2.24, 2.45) is 11.8 Å². The third kappa shape index (κ3) is 1.71. The van der Waals surface area contributed by atoms with E-state index in [0.29, 0.717) is 17.9 Å². The van der Waals surface area contributed by atoms with Gasteiger partial charge >= 0.3 is 5.97 Å². The molecule has 0 radical (unpaired) electrons. The summed E-state index contributed by atoms with van der Waals surface area (Å²) < 4.78 is 0. The van der Waals surface area contributed by atoms with Crippen LogP contribution in [0.15, 0.2) is 11.1 Å². The molecule has 0 unspecified atom stereocenters. The molecule has 1 fully saturated rings. The second kappa shape index (κ2) is 3.90. The maximum absolute atomic E-state index is 11.8. The van der Waals surface area contributed by atoms with Crippen LogP contribution in [0.1, 0.15) is 12.8 Å². The van der Waals surface area contributed by atoms with E-state index in [1.807, 2.05) is 0 Å². The van der Waals surface area contributed by atoms with E-state index in [1.54, 1.807) is 6.08 Å². The summed E-state index contributed by atoms with van der Waals surface area (Å²) >= 11 is 5.81. The van der Waals surface area contributed by atoms with Gasteiger partial charge in [-0.3, -0.25) is 19.3 Å². The molecular formula is C10H10ClNO4. The summed E-state index contributed by atoms with van der Waals surface area (Å²) in [5.41, 5.74) is 0. The lowest BCUT2D eigenvalue weighted by molar-refractivity contribution is -0.149. The normalized spacial score (nSPS) is 29.1. The van der Waals surface area contributed by atoms with E-state index >= 15 is 0 Å². The fraction of sp³-hybridized carbons (Fsp3) is 0.500. The monoisotopic (exact) mass is 243 g/mol. The Kier molecular flexibility index (Phi) is 2.71. The molecule has 0 aromatic heterocycles. The van der Waals surface area contributed by atoms with Crippen molar-refractivity contribution in [2.45, 2.75) is 12.8 Å². The Hall–Kier alpha value is -1.36. The molecule has 1 heterocycles. The maximum atomic E-state index is 11.8. The fourth-order valence-electron chi connectivity index (χ4n) is 2.19. The summed E-state index contributed by atoms with van der Waals surface area (Å²) in [6.45, 7) is -0.553. The topological polar surface area (TPSA) is 74.7 Å². The molecule has 6 heteroatoms. The van der Waals surface area contributed by atoms with Gasteiger partial charge in [-0.05, 0) is 12.8 Å². The Labute approximate surface area is 96.7 Å². The Bertz CT molecular complexity index is 404. The number of imide groups is 1. The minimum Gasteiger partial charge on any atom is -0.480 e. The molecule has 0 aromatic carbocycles. The van der Waals surface area contributed by atoms with Crippen LogP contribution in [0.5, 0.6) is 0 Å². The first kappa shape index (κ1) is 11.1. The number of rotatable bonds is 2. The molecule has 16 heavy (non-hydrogen) atoms. The number of carbonyl (C=O) groups excluding carboxylic acids is 2. The lowest BCUT2D eigenvalue weighted by Crippen LogP contribution is -2.35. The summed E-state index contributed by atoms with van der Waals surface area (Å²) in [6, 6.07) is 0. The number of amides is 2. The smallest absolute Gasteiger partial charge is 0.323 e. The van der Waals surface area contributed by atoms with Crippen molar-refractivity contribution in [1.29, 1.82) is 0 Å². The Morgan fingerprint density at radius 1 is 1.44 bits per heavy atom. The number of halogens is 1. The summed E-state index contributed by atoms with van der Waals surface area (Å²) in [5, 5.41) is 9.18. The molecule has 2 rings (SSSR count). The molecule has 86 valence electrons. The number of carboxylic acid groups (broad SMARTS) is 1. The Balaban J connectivity index is 2.21. The average Bonchev–Trinajstić information content (AvgIpc) is 2.43. The van der Waals surface area contributed by atoms with Crippen LogP contribution in [0.25, 0.3) is 0 Å². The lowest BCUT2D eigenvalue weighted by Gasteiger charge is -2.17. The van der Waals surface area contributed by atoms with Crippen molar-refractivity contribution in [3.8, 4) is 0 Å². The number of allylic oxidation sites excluding steroid dienone is 2. The molecule has 0 spiro atoms. The second-order valence-corrected chi connectivity index (χ2v) is 4.45. The van der Waals surface area contributed by atoms with E-state index in [0.717, 1.165) is 4.90 Å². The van der Waals surface area contributed by atoms with Gasteiger partial charge in [0.15, 0.2) is 0 Å². The summed E-state index contributed by atoms with van der Waals surface area (Å²) in [7, 11) is 0. The molecule has 1 N–H and O–H groups in total. The first-order valence-electron chi connectivity index (χ1n) is 4.92. The van der Waals surface area contributed by atoms with E-state index in [9.17, 15) is 14.4 Å². The highest BCUT2D eigenvalue weighted by atomic mass is 35.5. The first-order chi connectivity index (χ1) is 7.50. The predicted octanol–water partition coefficient (Wildman–Crippen LogP) is 0.589. The summed E-state index contributed by atoms with van der Waals surface area (Å²) in [6.07, 6.45) is 2.48. The molecule has 5 nitrogen and oxygen atoms in total. The quantitative estimate of drug-likeness (QED) is 0.721. The lowest BCUT2D eigenvalue weighted by atomic mass is 9.85. The number of aliphatic carboxylic acids is 1. The van der Waals surface area contributed by atoms with Gasteiger partial charge in [-0.1, -0.05) is 17.7 Å². The first-order valence-corrected chi connectivity index (χ1v) is 5.30. The van der Waals surface area contributed by atoms with Crippen molar-refractivity contribution < 1.29 is 19.5 Å². The highest BCUT2D eigenvalue weighted by molar-refractivity contribution is 6.30. The van der Waals surface area contributed by atoms with Crippen LogP contribution >= 0.6 is 11.6 Å². The van der Waals surface area contributed by atoms with Crippen molar-refractivity contribution in [3.63, 3.8) is 0 Å². The van der Waals surface area contributed by atoms with Crippen LogP contribution in [0, 0.1) is 11.8 Å². The number of carbonyl (C=O) groups is 3. The molecule has 0 bridgehead atoms. The molecule has 2 aliphatic rings. The summed E-state index contributed by atoms with van der Waals surface area (Å²) in [4.78, 5) is 34.9. The van der Waals surface area contributed by atoms with Gasteiger partial charge in [-0.15, -0.1) is 0 Å². The van der Waals surface area contributed by atoms with E-state index in [-0.39, 0.29) is 0 Å². The maximum Gasteiger partial charge on any atom is 0.323 e. The molecular weight excluding hydrogens is 234 g/mol. The number of fused-ring (bicyclic) bond motifs is 1. The van der Waals surface area contributed by atoms with Crippen molar-refractivity contribution in [3.05, 3.63) is 11.1 Å². The van der Waals surface area contributed by atoms with Gasteiger partial charge in [0.1, 0.15) is 6.54 Å². The number of hydrogen-bond acceptors (Lipinski definition) is 3. The zero-order valence-electron chi connectivity index (χ0n) is 8.35. The van der Waals surface area contributed by atoms with Gasteiger partial charge < -0.3 is 5.11 Å². The van der Waals surface area contributed by atoms with E-state index in [2.05, 4.69) is 0 Å². The van der Waals surface area contributed by atoms with Crippen molar-refractivity contribution in [2.75, 3.05) is 6.54 Å². The molecule has 1 aliphatic carbocycles. The van der Waals surface area contributed by atoms with E-state index in [1.165, 1.54) is 0 Å². The van der Waals surface area contributed by atoms with Crippen LogP contribution in [0.4, 0.5) is 0 Å². The second-order valence-electron chi connectivity index (χ2n) is 3.96. The van der Waals surface area contributed by atoms with Gasteiger partial charge in [0.25, 0.3) is 0 Å². The number of hydrogen-bond donors (Lipinski definition) is 1. The highest BCUT2D eigenvalue weighted by Crippen LogP contribution is 2.38. The minimum absolute atomic E-state index is 0.340. The third-order valence-electron chi connectivity index (χ3n) is 2.95. The zero-order chi connectivity index (χ0) is 11.9. The van der Waals surface area contributed by atoms with Crippen LogP contribution in [0.3, 0.4) is 0 Å². The number of nitrogens with zero attached hydrogens (tertiary/aromatic N) is 1. The molecule has 0 aromatic rings. The van der Waals surface area contributed by atoms with Gasteiger partial charge in [0, 0.05) is 5.03 Å². The molecule has 2 amide bonds. The van der Waals surface area contributed by atoms with Crippen molar-refractivity contribution >= 4 is 29.4 Å². The fourth-order valence-corrected chi connectivity index (χ4v) is 2.44. The zero-order valence-corrected chi connectivity index (χ0v) is 9.11. The SMILES string of the molecule is O=C(O)CN1C(=O)[C@H]2CC=C(Cl)C[C@@H]2C1=O. The standard InChI is InChI=1S/C10H10ClNO4/c11-5-1-2-6-7(3-5)10(16)12(9(6)15)4-8(13)14/h1,6-7H,2-4H2,(H,13,14)/t6-,7-/m0/s1. The van der Waals surface area contributed by atoms with Gasteiger partial charge in [-0.25, -0.2) is 0 Å². The van der Waals surface area contributed by atoms with Gasteiger partial charge in [-0.2, -0.15) is 0 Å². The third-order valence-corrected chi connectivity index (χ3v) is 3.26. The number of likely N-dealkylation sites (tertiary alicyclic amines) is 1. The van der Waals surface area contributed by atoms with Gasteiger partial charge in [0.2, 0.25) is 11.8 Å². The average molecular weight is 244 g/mol. The van der Waals surface area contributed by atoms with Crippen LogP contribution < -0.4 is 0 Å². The Morgan fingerprint density at radius 3 is 2.69 bits per heavy atom. The summed E-state index contributed by atoms with van der Waals surface area (Å²) in [5.74, 6) is -2.88. The van der Waals surface area contributed by atoms with Crippen LogP contribution in [-0.4, -0.2) is 34.3 Å². The van der Waals surface area contributed by atoms with Gasteiger partial charge in [0.05, 0.1) is 11.8 Å². The highest BCUT2D eigenvalue weighted by Gasteiger charge is 2.48. The van der Waals surface area contributed by atoms with Crippen LogP contribution in [-0.2, 0) is 14.4 Å². The molecule has 1 saturated heterocycles. The van der Waals surface area contributed by atoms with E-state index in [4.69, 9.17) is 16.7 Å². The molecule has 2 atom stereocenters. The minimum atomic E-state index is -1.18.